The van der Waals surface area contributed by atoms with Crippen molar-refractivity contribution in [2.24, 2.45) is 0 Å². The Hall–Kier alpha value is -3.81. The molecule has 0 amide bonds. The molecule has 29 heavy (non-hydrogen) atoms. The van der Waals surface area contributed by atoms with Gasteiger partial charge in [0.15, 0.2) is 23.9 Å². The first-order valence-corrected chi connectivity index (χ1v) is 8.84. The zero-order valence-electron chi connectivity index (χ0n) is 16.2. The Morgan fingerprint density at radius 1 is 1.03 bits per heavy atom. The average molecular weight is 394 g/mol. The summed E-state index contributed by atoms with van der Waals surface area (Å²) in [6.45, 7) is -0.144. The summed E-state index contributed by atoms with van der Waals surface area (Å²) >= 11 is 0. The van der Waals surface area contributed by atoms with Crippen LogP contribution < -0.4 is 25.7 Å². The zero-order chi connectivity index (χ0) is 20.8. The van der Waals surface area contributed by atoms with Crippen LogP contribution in [0, 0.1) is 0 Å². The van der Waals surface area contributed by atoms with Crippen molar-refractivity contribution in [3.8, 4) is 17.2 Å². The van der Waals surface area contributed by atoms with Gasteiger partial charge in [-0.3, -0.25) is 4.79 Å². The van der Waals surface area contributed by atoms with Crippen molar-refractivity contribution < 1.29 is 19.0 Å². The molecule has 0 aliphatic carbocycles. The molecule has 2 aromatic carbocycles. The fourth-order valence-electron chi connectivity index (χ4n) is 2.81. The number of nitrogens with two attached hydrogens (primary N) is 2. The van der Waals surface area contributed by atoms with Crippen LogP contribution in [0.4, 0.5) is 11.8 Å². The van der Waals surface area contributed by atoms with E-state index in [4.69, 9.17) is 25.7 Å². The molecule has 0 atom stereocenters. The molecule has 0 aliphatic heterocycles. The Morgan fingerprint density at radius 3 is 2.28 bits per heavy atom. The van der Waals surface area contributed by atoms with Crippen molar-refractivity contribution in [3.05, 3.63) is 65.4 Å². The van der Waals surface area contributed by atoms with Gasteiger partial charge in [0, 0.05) is 23.7 Å². The second-order valence-corrected chi connectivity index (χ2v) is 6.22. The molecule has 1 heterocycles. The van der Waals surface area contributed by atoms with Crippen LogP contribution in [-0.4, -0.2) is 36.6 Å². The number of ether oxygens (including phenoxy) is 3. The molecule has 0 aliphatic rings. The number of carbonyl (C=O) groups excluding carboxylic acids is 1. The van der Waals surface area contributed by atoms with Crippen LogP contribution in [0.3, 0.4) is 0 Å². The van der Waals surface area contributed by atoms with Gasteiger partial charge in [-0.1, -0.05) is 30.3 Å². The molecular formula is C21H22N4O4. The van der Waals surface area contributed by atoms with Crippen LogP contribution in [0.2, 0.25) is 0 Å². The number of carbonyl (C=O) groups is 1. The van der Waals surface area contributed by atoms with Gasteiger partial charge in [-0.05, 0) is 17.7 Å². The lowest BCUT2D eigenvalue weighted by atomic mass is 10.1. The van der Waals surface area contributed by atoms with Crippen LogP contribution in [0.25, 0.3) is 0 Å². The third-order valence-corrected chi connectivity index (χ3v) is 4.27. The Bertz CT molecular complexity index is 984. The number of rotatable bonds is 8. The quantitative estimate of drug-likeness (QED) is 0.559. The van der Waals surface area contributed by atoms with Crippen LogP contribution in [-0.2, 0) is 6.42 Å². The number of methoxy groups -OCH3 is 2. The number of hydrogen-bond acceptors (Lipinski definition) is 8. The Labute approximate surface area is 168 Å². The van der Waals surface area contributed by atoms with Gasteiger partial charge in [0.05, 0.1) is 14.2 Å². The molecule has 0 bridgehead atoms. The fourth-order valence-corrected chi connectivity index (χ4v) is 2.81. The van der Waals surface area contributed by atoms with Crippen LogP contribution in [0.5, 0.6) is 17.2 Å². The van der Waals surface area contributed by atoms with Crippen LogP contribution >= 0.6 is 0 Å². The molecule has 4 N–H and O–H groups in total. The summed E-state index contributed by atoms with van der Waals surface area (Å²) < 4.78 is 16.7. The third-order valence-electron chi connectivity index (χ3n) is 4.27. The predicted molar refractivity (Wildman–Crippen MR) is 109 cm³/mol. The van der Waals surface area contributed by atoms with Crippen molar-refractivity contribution >= 4 is 17.5 Å². The lowest BCUT2D eigenvalue weighted by Gasteiger charge is -2.16. The first-order valence-electron chi connectivity index (χ1n) is 8.84. The lowest BCUT2D eigenvalue weighted by molar-refractivity contribution is 0.0917. The van der Waals surface area contributed by atoms with Gasteiger partial charge in [-0.25, -0.2) is 4.98 Å². The van der Waals surface area contributed by atoms with E-state index in [0.717, 1.165) is 11.1 Å². The lowest BCUT2D eigenvalue weighted by Crippen LogP contribution is -2.12. The van der Waals surface area contributed by atoms with Gasteiger partial charge in [0.1, 0.15) is 5.82 Å². The van der Waals surface area contributed by atoms with Crippen molar-refractivity contribution in [1.82, 2.24) is 9.97 Å². The number of ketones is 1. The number of anilines is 2. The van der Waals surface area contributed by atoms with Gasteiger partial charge in [0.25, 0.3) is 0 Å². The van der Waals surface area contributed by atoms with Crippen molar-refractivity contribution in [1.29, 1.82) is 0 Å². The van der Waals surface area contributed by atoms with E-state index in [0.29, 0.717) is 35.1 Å². The number of aromatic nitrogens is 2. The highest BCUT2D eigenvalue weighted by Crippen LogP contribution is 2.39. The third kappa shape index (κ3) is 4.73. The molecular weight excluding hydrogens is 372 g/mol. The maximum Gasteiger partial charge on any atom is 0.221 e. The number of nitrogen functional groups attached to an aromatic ring is 2. The Kier molecular flexibility index (Phi) is 6.13. The molecule has 3 aromatic rings. The molecule has 0 unspecified atom stereocenters. The maximum atomic E-state index is 12.3. The minimum Gasteiger partial charge on any atom is -0.493 e. The molecule has 0 spiro atoms. The Balaban J connectivity index is 1.83. The van der Waals surface area contributed by atoms with Crippen molar-refractivity contribution in [3.63, 3.8) is 0 Å². The summed E-state index contributed by atoms with van der Waals surface area (Å²) in [6, 6.07) is 12.5. The van der Waals surface area contributed by atoms with Crippen LogP contribution in [0.15, 0.2) is 48.7 Å². The van der Waals surface area contributed by atoms with E-state index in [2.05, 4.69) is 9.97 Å². The van der Waals surface area contributed by atoms with Gasteiger partial charge in [-0.2, -0.15) is 4.98 Å². The standard InChI is InChI=1S/C21H22N4O4/c1-27-17-9-13(8-15-11-24-21(23)25-20(15)22)10-18(28-2)19(17)29-12-16(26)14-6-4-3-5-7-14/h3-7,9-11H,8,12H2,1-2H3,(H4,22,23,24,25). The molecule has 0 fully saturated rings. The van der Waals surface area contributed by atoms with E-state index in [-0.39, 0.29) is 18.3 Å². The highest BCUT2D eigenvalue weighted by molar-refractivity contribution is 5.97. The van der Waals surface area contributed by atoms with Crippen molar-refractivity contribution in [2.45, 2.75) is 6.42 Å². The van der Waals surface area contributed by atoms with Gasteiger partial charge >= 0.3 is 0 Å². The van der Waals surface area contributed by atoms with Gasteiger partial charge < -0.3 is 25.7 Å². The first-order chi connectivity index (χ1) is 14.0. The maximum absolute atomic E-state index is 12.3. The molecule has 0 radical (unpaired) electrons. The number of benzene rings is 2. The highest BCUT2D eigenvalue weighted by atomic mass is 16.5. The zero-order valence-corrected chi connectivity index (χ0v) is 16.2. The molecule has 8 nitrogen and oxygen atoms in total. The SMILES string of the molecule is COc1cc(Cc2cnc(N)nc2N)cc(OC)c1OCC(=O)c1ccccc1. The minimum absolute atomic E-state index is 0.119. The van der Waals surface area contributed by atoms with Crippen LogP contribution in [0.1, 0.15) is 21.5 Å². The summed E-state index contributed by atoms with van der Waals surface area (Å²) in [5, 5.41) is 0. The average Bonchev–Trinajstić information content (AvgIpc) is 2.74. The van der Waals surface area contributed by atoms with E-state index in [1.807, 2.05) is 6.07 Å². The van der Waals surface area contributed by atoms with E-state index in [1.54, 1.807) is 42.6 Å². The fraction of sp³-hybridized carbons (Fsp3) is 0.190. The second-order valence-electron chi connectivity index (χ2n) is 6.22. The summed E-state index contributed by atoms with van der Waals surface area (Å²) in [4.78, 5) is 20.3. The summed E-state index contributed by atoms with van der Waals surface area (Å²) in [5.41, 5.74) is 13.6. The molecule has 0 saturated heterocycles. The van der Waals surface area contributed by atoms with E-state index < -0.39 is 0 Å². The number of nitrogens with zero attached hydrogens (tertiary/aromatic N) is 2. The summed E-state index contributed by atoms with van der Waals surface area (Å²) in [5.74, 6) is 1.51. The largest absolute Gasteiger partial charge is 0.493 e. The summed E-state index contributed by atoms with van der Waals surface area (Å²) in [6.07, 6.45) is 2.03. The van der Waals surface area contributed by atoms with Crippen molar-refractivity contribution in [2.75, 3.05) is 32.3 Å². The smallest absolute Gasteiger partial charge is 0.221 e. The number of hydrogen-bond donors (Lipinski definition) is 2. The van der Waals surface area contributed by atoms with E-state index in [9.17, 15) is 4.79 Å². The second kappa shape index (κ2) is 8.92. The minimum atomic E-state index is -0.148. The first kappa shape index (κ1) is 19.9. The Morgan fingerprint density at radius 2 is 1.69 bits per heavy atom. The van der Waals surface area contributed by atoms with E-state index in [1.165, 1.54) is 14.2 Å². The van der Waals surface area contributed by atoms with E-state index >= 15 is 0 Å². The normalized spacial score (nSPS) is 10.4. The molecule has 1 aromatic heterocycles. The predicted octanol–water partition coefficient (Wildman–Crippen LogP) is 2.51. The number of Topliss-reactive ketones (excluding diaryl/α,β-unsaturated/α-hetero) is 1. The summed E-state index contributed by atoms with van der Waals surface area (Å²) in [7, 11) is 3.04. The van der Waals surface area contributed by atoms with Gasteiger partial charge in [0.2, 0.25) is 11.7 Å². The molecule has 0 saturated carbocycles. The topological polar surface area (TPSA) is 123 Å². The monoisotopic (exact) mass is 394 g/mol. The molecule has 150 valence electrons. The molecule has 3 rings (SSSR count). The highest BCUT2D eigenvalue weighted by Gasteiger charge is 2.17. The van der Waals surface area contributed by atoms with Gasteiger partial charge in [-0.15, -0.1) is 0 Å². The molecule has 8 heteroatoms.